The van der Waals surface area contributed by atoms with Gasteiger partial charge in [-0.1, -0.05) is 18.9 Å². The standard InChI is InChI=1S/C18H21N3OS/c1-22-16-6-4-5-15(13-16)20-17(23)21-18(9-2-3-10-18)14-7-11-19-12-8-14/h4-8,11-13H,2-3,9-10H2,1H3,(H2,20,21,23). The molecule has 0 atom stereocenters. The van der Waals surface area contributed by atoms with Gasteiger partial charge in [-0.3, -0.25) is 4.98 Å². The van der Waals surface area contributed by atoms with Crippen LogP contribution in [0.5, 0.6) is 5.75 Å². The predicted octanol–water partition coefficient (Wildman–Crippen LogP) is 3.85. The molecular formula is C18H21N3OS. The van der Waals surface area contributed by atoms with Crippen LogP contribution in [0.3, 0.4) is 0 Å². The van der Waals surface area contributed by atoms with Crippen molar-refractivity contribution in [2.45, 2.75) is 31.2 Å². The molecule has 0 amide bonds. The van der Waals surface area contributed by atoms with Crippen LogP contribution < -0.4 is 15.4 Å². The van der Waals surface area contributed by atoms with Crippen LogP contribution in [0.1, 0.15) is 31.2 Å². The Labute approximate surface area is 142 Å². The van der Waals surface area contributed by atoms with E-state index in [0.717, 1.165) is 24.3 Å². The first-order valence-electron chi connectivity index (χ1n) is 7.86. The molecule has 1 heterocycles. The Hall–Kier alpha value is -2.14. The lowest BCUT2D eigenvalue weighted by Gasteiger charge is -2.32. The molecule has 0 aliphatic heterocycles. The monoisotopic (exact) mass is 327 g/mol. The molecule has 5 heteroatoms. The maximum atomic E-state index is 5.55. The van der Waals surface area contributed by atoms with E-state index in [0.29, 0.717) is 5.11 Å². The van der Waals surface area contributed by atoms with Gasteiger partial charge in [-0.05, 0) is 54.9 Å². The lowest BCUT2D eigenvalue weighted by molar-refractivity contribution is 0.408. The molecule has 4 nitrogen and oxygen atoms in total. The Bertz CT molecular complexity index is 669. The highest BCUT2D eigenvalue weighted by Crippen LogP contribution is 2.38. The van der Waals surface area contributed by atoms with Gasteiger partial charge < -0.3 is 15.4 Å². The van der Waals surface area contributed by atoms with Crippen molar-refractivity contribution in [3.63, 3.8) is 0 Å². The summed E-state index contributed by atoms with van der Waals surface area (Å²) in [6.07, 6.45) is 8.26. The second kappa shape index (κ2) is 6.96. The average Bonchev–Trinajstić information content (AvgIpc) is 3.05. The summed E-state index contributed by atoms with van der Waals surface area (Å²) in [6.45, 7) is 0. The van der Waals surface area contributed by atoms with Crippen molar-refractivity contribution < 1.29 is 4.74 Å². The fourth-order valence-electron chi connectivity index (χ4n) is 3.22. The SMILES string of the molecule is COc1cccc(NC(=S)NC2(c3ccncc3)CCCC2)c1. The van der Waals surface area contributed by atoms with Crippen molar-refractivity contribution in [1.29, 1.82) is 0 Å². The zero-order chi connectivity index (χ0) is 16.1. The van der Waals surface area contributed by atoms with Crippen molar-refractivity contribution in [1.82, 2.24) is 10.3 Å². The number of thiocarbonyl (C=S) groups is 1. The van der Waals surface area contributed by atoms with E-state index < -0.39 is 0 Å². The number of rotatable bonds is 4. The lowest BCUT2D eigenvalue weighted by Crippen LogP contribution is -2.45. The Morgan fingerprint density at radius 2 is 1.91 bits per heavy atom. The van der Waals surface area contributed by atoms with E-state index in [1.807, 2.05) is 36.7 Å². The third kappa shape index (κ3) is 3.62. The van der Waals surface area contributed by atoms with Gasteiger partial charge in [0.25, 0.3) is 0 Å². The van der Waals surface area contributed by atoms with Crippen LogP contribution in [0.25, 0.3) is 0 Å². The topological polar surface area (TPSA) is 46.2 Å². The summed E-state index contributed by atoms with van der Waals surface area (Å²) < 4.78 is 5.25. The van der Waals surface area contributed by atoms with Crippen molar-refractivity contribution >= 4 is 23.0 Å². The molecular weight excluding hydrogens is 306 g/mol. The number of ether oxygens (including phenoxy) is 1. The highest BCUT2D eigenvalue weighted by molar-refractivity contribution is 7.80. The summed E-state index contributed by atoms with van der Waals surface area (Å²) in [7, 11) is 1.66. The number of anilines is 1. The summed E-state index contributed by atoms with van der Waals surface area (Å²) in [6, 6.07) is 11.9. The molecule has 0 radical (unpaired) electrons. The van der Waals surface area contributed by atoms with Crippen LogP contribution >= 0.6 is 12.2 Å². The van der Waals surface area contributed by atoms with Gasteiger partial charge in [0.1, 0.15) is 5.75 Å². The van der Waals surface area contributed by atoms with Crippen LogP contribution in [0.15, 0.2) is 48.8 Å². The number of nitrogens with zero attached hydrogens (tertiary/aromatic N) is 1. The Morgan fingerprint density at radius 3 is 2.61 bits per heavy atom. The second-order valence-electron chi connectivity index (χ2n) is 5.84. The van der Waals surface area contributed by atoms with Gasteiger partial charge in [0, 0.05) is 24.1 Å². The first-order chi connectivity index (χ1) is 11.2. The lowest BCUT2D eigenvalue weighted by atomic mass is 9.89. The molecule has 1 aromatic heterocycles. The summed E-state index contributed by atoms with van der Waals surface area (Å²) in [5, 5.41) is 7.45. The van der Waals surface area contributed by atoms with E-state index in [9.17, 15) is 0 Å². The smallest absolute Gasteiger partial charge is 0.171 e. The van der Waals surface area contributed by atoms with Gasteiger partial charge in [-0.15, -0.1) is 0 Å². The second-order valence-corrected chi connectivity index (χ2v) is 6.24. The molecule has 1 aromatic carbocycles. The van der Waals surface area contributed by atoms with Crippen LogP contribution in [0.4, 0.5) is 5.69 Å². The van der Waals surface area contributed by atoms with Crippen LogP contribution in [0, 0.1) is 0 Å². The average molecular weight is 327 g/mol. The first-order valence-corrected chi connectivity index (χ1v) is 8.26. The molecule has 120 valence electrons. The van der Waals surface area contributed by atoms with E-state index in [-0.39, 0.29) is 5.54 Å². The highest BCUT2D eigenvalue weighted by Gasteiger charge is 2.36. The minimum Gasteiger partial charge on any atom is -0.497 e. The Balaban J connectivity index is 1.74. The quantitative estimate of drug-likeness (QED) is 0.835. The van der Waals surface area contributed by atoms with Crippen molar-refractivity contribution in [3.8, 4) is 5.75 Å². The minimum absolute atomic E-state index is 0.0914. The van der Waals surface area contributed by atoms with Gasteiger partial charge in [0.05, 0.1) is 12.6 Å². The summed E-state index contributed by atoms with van der Waals surface area (Å²) in [4.78, 5) is 4.12. The molecule has 0 spiro atoms. The number of pyridine rings is 1. The normalized spacial score (nSPS) is 15.9. The summed E-state index contributed by atoms with van der Waals surface area (Å²) >= 11 is 5.55. The van der Waals surface area contributed by atoms with E-state index in [1.165, 1.54) is 18.4 Å². The number of aromatic nitrogens is 1. The summed E-state index contributed by atoms with van der Waals surface area (Å²) in [5.74, 6) is 0.808. The number of methoxy groups -OCH3 is 1. The molecule has 0 bridgehead atoms. The molecule has 3 rings (SSSR count). The predicted molar refractivity (Wildman–Crippen MR) is 96.7 cm³/mol. The third-order valence-electron chi connectivity index (χ3n) is 4.37. The minimum atomic E-state index is -0.0914. The molecule has 1 saturated carbocycles. The van der Waals surface area contributed by atoms with E-state index in [2.05, 4.69) is 27.8 Å². The highest BCUT2D eigenvalue weighted by atomic mass is 32.1. The number of benzene rings is 1. The number of hydrogen-bond donors (Lipinski definition) is 2. The maximum Gasteiger partial charge on any atom is 0.171 e. The Morgan fingerprint density at radius 1 is 1.17 bits per heavy atom. The third-order valence-corrected chi connectivity index (χ3v) is 4.57. The number of hydrogen-bond acceptors (Lipinski definition) is 3. The van der Waals surface area contributed by atoms with Crippen molar-refractivity contribution in [2.24, 2.45) is 0 Å². The zero-order valence-corrected chi connectivity index (χ0v) is 14.0. The van der Waals surface area contributed by atoms with Crippen LogP contribution in [-0.2, 0) is 5.54 Å². The van der Waals surface area contributed by atoms with Crippen LogP contribution in [0.2, 0.25) is 0 Å². The molecule has 23 heavy (non-hydrogen) atoms. The van der Waals surface area contributed by atoms with Gasteiger partial charge in [0.15, 0.2) is 5.11 Å². The molecule has 1 aliphatic rings. The van der Waals surface area contributed by atoms with Crippen molar-refractivity contribution in [2.75, 3.05) is 12.4 Å². The summed E-state index contributed by atoms with van der Waals surface area (Å²) in [5.41, 5.74) is 2.08. The molecule has 2 aromatic rings. The molecule has 0 unspecified atom stereocenters. The van der Waals surface area contributed by atoms with Gasteiger partial charge in [-0.2, -0.15) is 0 Å². The fourth-order valence-corrected chi connectivity index (χ4v) is 3.53. The largest absolute Gasteiger partial charge is 0.497 e. The number of nitrogens with one attached hydrogen (secondary N) is 2. The van der Waals surface area contributed by atoms with Crippen LogP contribution in [-0.4, -0.2) is 17.2 Å². The molecule has 2 N–H and O–H groups in total. The van der Waals surface area contributed by atoms with E-state index in [4.69, 9.17) is 17.0 Å². The zero-order valence-electron chi connectivity index (χ0n) is 13.2. The van der Waals surface area contributed by atoms with Gasteiger partial charge in [0.2, 0.25) is 0 Å². The van der Waals surface area contributed by atoms with Gasteiger partial charge >= 0.3 is 0 Å². The first kappa shape index (κ1) is 15.7. The molecule has 1 aliphatic carbocycles. The van der Waals surface area contributed by atoms with Gasteiger partial charge in [-0.25, -0.2) is 0 Å². The maximum absolute atomic E-state index is 5.55. The Kier molecular flexibility index (Phi) is 4.76. The fraction of sp³-hybridized carbons (Fsp3) is 0.333. The van der Waals surface area contributed by atoms with E-state index in [1.54, 1.807) is 7.11 Å². The molecule has 0 saturated heterocycles. The van der Waals surface area contributed by atoms with E-state index >= 15 is 0 Å². The van der Waals surface area contributed by atoms with Crippen molar-refractivity contribution in [3.05, 3.63) is 54.4 Å². The molecule has 1 fully saturated rings.